The third-order valence-corrected chi connectivity index (χ3v) is 9.05. The Morgan fingerprint density at radius 2 is 1.93 bits per heavy atom. The van der Waals surface area contributed by atoms with Crippen molar-refractivity contribution in [3.05, 3.63) is 0 Å². The second kappa shape index (κ2) is 7.37. The van der Waals surface area contributed by atoms with Gasteiger partial charge in [0.25, 0.3) is 0 Å². The first-order chi connectivity index (χ1) is 13.1. The molecule has 0 radical (unpaired) electrons. The molecule has 0 aromatic carbocycles. The van der Waals surface area contributed by atoms with Crippen LogP contribution in [-0.4, -0.2) is 52.5 Å². The maximum Gasteiger partial charge on any atom is 0.331 e. The summed E-state index contributed by atoms with van der Waals surface area (Å²) in [6.07, 6.45) is 2.55. The summed E-state index contributed by atoms with van der Waals surface area (Å²) in [6.45, 7) is 7.57. The van der Waals surface area contributed by atoms with Crippen LogP contribution in [0.2, 0.25) is 0 Å². The Hall–Kier alpha value is -0.980. The smallest absolute Gasteiger partial charge is 0.331 e. The molecule has 0 aromatic rings. The zero-order valence-corrected chi connectivity index (χ0v) is 17.6. The van der Waals surface area contributed by atoms with Gasteiger partial charge in [0.15, 0.2) is 0 Å². The molecule has 6 nitrogen and oxygen atoms in total. The Morgan fingerprint density at radius 3 is 2.54 bits per heavy atom. The van der Waals surface area contributed by atoms with Crippen molar-refractivity contribution < 1.29 is 29.6 Å². The molecule has 0 saturated heterocycles. The van der Waals surface area contributed by atoms with Crippen LogP contribution in [0.4, 0.5) is 0 Å². The fourth-order valence-electron chi connectivity index (χ4n) is 6.93. The summed E-state index contributed by atoms with van der Waals surface area (Å²) < 4.78 is 5.25. The zero-order chi connectivity index (χ0) is 20.9. The number of ketones is 1. The van der Waals surface area contributed by atoms with Crippen molar-refractivity contribution in [3.8, 4) is 0 Å². The monoisotopic (exact) mass is 396 g/mol. The van der Waals surface area contributed by atoms with Crippen molar-refractivity contribution in [1.29, 1.82) is 0 Å². The van der Waals surface area contributed by atoms with Crippen LogP contribution in [0.15, 0.2) is 0 Å². The minimum atomic E-state index is -0.774. The molecule has 3 fully saturated rings. The Balaban J connectivity index is 2.08. The Labute approximate surface area is 167 Å². The topological polar surface area (TPSA) is 104 Å². The number of ether oxygens (including phenoxy) is 1. The van der Waals surface area contributed by atoms with Crippen LogP contribution in [0.25, 0.3) is 0 Å². The second-order valence-electron chi connectivity index (χ2n) is 10.0. The van der Waals surface area contributed by atoms with Crippen LogP contribution >= 0.6 is 0 Å². The molecule has 28 heavy (non-hydrogen) atoms. The molecule has 3 aliphatic rings. The van der Waals surface area contributed by atoms with Gasteiger partial charge >= 0.3 is 5.97 Å². The number of hydrogen-bond donors (Lipinski definition) is 3. The highest BCUT2D eigenvalue weighted by molar-refractivity contribution is 5.85. The van der Waals surface area contributed by atoms with Gasteiger partial charge in [-0.3, -0.25) is 4.79 Å². The first-order valence-corrected chi connectivity index (χ1v) is 10.7. The van der Waals surface area contributed by atoms with Gasteiger partial charge in [-0.25, -0.2) is 4.79 Å². The summed E-state index contributed by atoms with van der Waals surface area (Å²) in [5.74, 6) is -1.05. The highest BCUT2D eigenvalue weighted by atomic mass is 16.5. The van der Waals surface area contributed by atoms with Gasteiger partial charge in [0.2, 0.25) is 0 Å². The van der Waals surface area contributed by atoms with Gasteiger partial charge in [-0.15, -0.1) is 0 Å². The predicted octanol–water partition coefficient (Wildman–Crippen LogP) is 2.08. The molecule has 6 heteroatoms. The third kappa shape index (κ3) is 2.94. The zero-order valence-electron chi connectivity index (χ0n) is 17.6. The predicted molar refractivity (Wildman–Crippen MR) is 103 cm³/mol. The summed E-state index contributed by atoms with van der Waals surface area (Å²) in [4.78, 5) is 24.7. The number of carbonyl (C=O) groups excluding carboxylic acids is 2. The van der Waals surface area contributed by atoms with Gasteiger partial charge in [0.1, 0.15) is 12.4 Å². The van der Waals surface area contributed by atoms with Crippen molar-refractivity contribution in [2.45, 2.75) is 78.4 Å². The van der Waals surface area contributed by atoms with Gasteiger partial charge in [0.05, 0.1) is 18.8 Å². The summed E-state index contributed by atoms with van der Waals surface area (Å²) in [5.41, 5.74) is -1.47. The van der Waals surface area contributed by atoms with E-state index < -0.39 is 35.6 Å². The molecular weight excluding hydrogens is 360 g/mol. The number of carbonyl (C=O) groups is 2. The number of hydrogen-bond acceptors (Lipinski definition) is 6. The van der Waals surface area contributed by atoms with Crippen molar-refractivity contribution in [2.75, 3.05) is 13.2 Å². The van der Waals surface area contributed by atoms with Crippen molar-refractivity contribution in [1.82, 2.24) is 0 Å². The highest BCUT2D eigenvalue weighted by Gasteiger charge is 2.68. The number of esters is 1. The van der Waals surface area contributed by atoms with Crippen molar-refractivity contribution in [3.63, 3.8) is 0 Å². The lowest BCUT2D eigenvalue weighted by Crippen LogP contribution is -2.63. The fraction of sp³-hybridized carbons (Fsp3) is 0.909. The van der Waals surface area contributed by atoms with E-state index >= 15 is 0 Å². The fourth-order valence-corrected chi connectivity index (χ4v) is 6.93. The largest absolute Gasteiger partial charge is 0.464 e. The van der Waals surface area contributed by atoms with Crippen LogP contribution in [0, 0.1) is 34.0 Å². The van der Waals surface area contributed by atoms with Gasteiger partial charge in [-0.1, -0.05) is 27.7 Å². The summed E-state index contributed by atoms with van der Waals surface area (Å²) in [7, 11) is 0. The van der Waals surface area contributed by atoms with Crippen molar-refractivity contribution in [2.24, 2.45) is 34.0 Å². The second-order valence-corrected chi connectivity index (χ2v) is 10.0. The highest BCUT2D eigenvalue weighted by Crippen LogP contribution is 2.67. The van der Waals surface area contributed by atoms with Gasteiger partial charge in [0, 0.05) is 23.7 Å². The molecule has 3 rings (SSSR count). The average molecular weight is 397 g/mol. The van der Waals surface area contributed by atoms with Crippen LogP contribution in [0.3, 0.4) is 0 Å². The van der Waals surface area contributed by atoms with E-state index in [-0.39, 0.29) is 35.6 Å². The molecule has 3 aliphatic carbocycles. The summed E-state index contributed by atoms with van der Waals surface area (Å²) >= 11 is 0. The minimum Gasteiger partial charge on any atom is -0.464 e. The maximum absolute atomic E-state index is 13.1. The Morgan fingerprint density at radius 1 is 1.25 bits per heavy atom. The lowest BCUT2D eigenvalue weighted by molar-refractivity contribution is -0.207. The van der Waals surface area contributed by atoms with E-state index in [0.717, 1.165) is 25.7 Å². The minimum absolute atomic E-state index is 0.0401. The molecule has 2 bridgehead atoms. The number of aliphatic hydroxyl groups is 3. The average Bonchev–Trinajstić information content (AvgIpc) is 3.03. The normalized spacial score (nSPS) is 48.5. The first kappa shape index (κ1) is 21.7. The molecule has 0 spiro atoms. The van der Waals surface area contributed by atoms with E-state index in [4.69, 9.17) is 9.84 Å². The summed E-state index contributed by atoms with van der Waals surface area (Å²) in [6, 6.07) is 0. The third-order valence-electron chi connectivity index (χ3n) is 9.05. The van der Waals surface area contributed by atoms with E-state index in [1.54, 1.807) is 0 Å². The van der Waals surface area contributed by atoms with Gasteiger partial charge in [-0.05, 0) is 48.9 Å². The van der Waals surface area contributed by atoms with E-state index in [2.05, 4.69) is 6.92 Å². The SMILES string of the molecule is CC[C@@]1(C)C[C@@H](O)[C@@]2(C)C3C(=O)CC[C@@]3(CC[C@H]2COC(=O)CO)[C@H](C)[C@@H]1O. The van der Waals surface area contributed by atoms with Gasteiger partial charge < -0.3 is 20.1 Å². The lowest BCUT2D eigenvalue weighted by Gasteiger charge is -2.62. The number of rotatable bonds is 4. The van der Waals surface area contributed by atoms with Gasteiger partial charge in [-0.2, -0.15) is 0 Å². The maximum atomic E-state index is 13.1. The molecule has 0 heterocycles. The van der Waals surface area contributed by atoms with E-state index in [9.17, 15) is 19.8 Å². The van der Waals surface area contributed by atoms with Crippen LogP contribution in [-0.2, 0) is 14.3 Å². The van der Waals surface area contributed by atoms with Crippen LogP contribution < -0.4 is 0 Å². The quantitative estimate of drug-likeness (QED) is 0.629. The van der Waals surface area contributed by atoms with Crippen LogP contribution in [0.5, 0.6) is 0 Å². The molecule has 3 saturated carbocycles. The lowest BCUT2D eigenvalue weighted by atomic mass is 9.43. The molecule has 0 amide bonds. The Bertz CT molecular complexity index is 635. The molecule has 1 unspecified atom stereocenters. The first-order valence-electron chi connectivity index (χ1n) is 10.7. The standard InChI is InChI=1S/C22H36O6/c1-5-20(3)10-16(25)21(4)14(12-28-17(26)11-23)6-8-22(13(2)19(20)27)9-7-15(24)18(21)22/h13-14,16,18-19,23,25,27H,5-12H2,1-4H3/t13-,14+,16-,18?,19+,20+,21+,22+/m1/s1. The molecular formula is C22H36O6. The number of Topliss-reactive ketones (excluding diaryl/α,β-unsaturated/α-hetero) is 1. The molecule has 3 N–H and O–H groups in total. The number of aliphatic hydroxyl groups excluding tert-OH is 3. The molecule has 0 aromatic heterocycles. The van der Waals surface area contributed by atoms with E-state index in [1.165, 1.54) is 0 Å². The molecule has 160 valence electrons. The van der Waals surface area contributed by atoms with Crippen molar-refractivity contribution >= 4 is 11.8 Å². The van der Waals surface area contributed by atoms with Crippen LogP contribution in [0.1, 0.15) is 66.2 Å². The van der Waals surface area contributed by atoms with E-state index in [1.807, 2.05) is 20.8 Å². The Kier molecular flexibility index (Phi) is 5.72. The summed E-state index contributed by atoms with van der Waals surface area (Å²) in [5, 5.41) is 31.7. The molecule has 0 aliphatic heterocycles. The molecule has 8 atom stereocenters. The van der Waals surface area contributed by atoms with E-state index in [0.29, 0.717) is 12.8 Å².